The molecule has 2 aliphatic rings. The Hall–Kier alpha value is -2.05. The van der Waals surface area contributed by atoms with Crippen molar-refractivity contribution in [2.45, 2.75) is 25.6 Å². The molecule has 0 amide bonds. The Bertz CT molecular complexity index is 648. The van der Waals surface area contributed by atoms with Crippen LogP contribution >= 0.6 is 0 Å². The Balaban J connectivity index is 1.49. The second kappa shape index (κ2) is 6.22. The van der Waals surface area contributed by atoms with Crippen LogP contribution in [-0.4, -0.2) is 58.5 Å². The number of hydrogen-bond donors (Lipinski definition) is 0. The van der Waals surface area contributed by atoms with E-state index in [1.165, 1.54) is 5.56 Å². The van der Waals surface area contributed by atoms with Crippen LogP contribution < -0.4 is 4.90 Å². The lowest BCUT2D eigenvalue weighted by molar-refractivity contribution is 0.0303. The highest BCUT2D eigenvalue weighted by Gasteiger charge is 2.40. The maximum Gasteiger partial charge on any atom is 0.151 e. The van der Waals surface area contributed by atoms with Gasteiger partial charge in [0, 0.05) is 38.6 Å². The molecule has 120 valence electrons. The van der Waals surface area contributed by atoms with Gasteiger partial charge in [-0.2, -0.15) is 5.10 Å². The van der Waals surface area contributed by atoms with E-state index in [0.29, 0.717) is 6.04 Å². The maximum absolute atomic E-state index is 6.00. The van der Waals surface area contributed by atoms with Crippen molar-refractivity contribution in [3.63, 3.8) is 0 Å². The summed E-state index contributed by atoms with van der Waals surface area (Å²) in [6, 6.07) is 8.59. The van der Waals surface area contributed by atoms with E-state index >= 15 is 0 Å². The minimum absolute atomic E-state index is 0.244. The fourth-order valence-electron chi connectivity index (χ4n) is 3.47. The molecule has 0 spiro atoms. The third-order valence-electron chi connectivity index (χ3n) is 4.61. The molecule has 0 aromatic carbocycles. The van der Waals surface area contributed by atoms with E-state index in [-0.39, 0.29) is 6.10 Å². The first-order valence-corrected chi connectivity index (χ1v) is 8.09. The van der Waals surface area contributed by atoms with Crippen LogP contribution in [0.1, 0.15) is 11.3 Å². The molecule has 0 unspecified atom stereocenters. The molecule has 2 atom stereocenters. The van der Waals surface area contributed by atoms with Crippen LogP contribution in [0.15, 0.2) is 36.7 Å². The molecular weight excluding hydrogens is 290 g/mol. The Morgan fingerprint density at radius 2 is 2.00 bits per heavy atom. The summed E-state index contributed by atoms with van der Waals surface area (Å²) in [5, 5.41) is 8.57. The summed E-state index contributed by atoms with van der Waals surface area (Å²) in [6.07, 6.45) is 3.94. The number of hydrogen-bond acceptors (Lipinski definition) is 6. The van der Waals surface area contributed by atoms with Gasteiger partial charge in [0.05, 0.1) is 24.4 Å². The summed E-state index contributed by atoms with van der Waals surface area (Å²) >= 11 is 0. The van der Waals surface area contributed by atoms with Crippen LogP contribution in [0.4, 0.5) is 5.82 Å². The van der Waals surface area contributed by atoms with Crippen molar-refractivity contribution in [3.8, 4) is 0 Å². The summed E-state index contributed by atoms with van der Waals surface area (Å²) in [6.45, 7) is 6.48. The van der Waals surface area contributed by atoms with Crippen LogP contribution in [0.2, 0.25) is 0 Å². The number of pyridine rings is 1. The lowest BCUT2D eigenvalue weighted by Gasteiger charge is -2.37. The monoisotopic (exact) mass is 311 g/mol. The minimum Gasteiger partial charge on any atom is -0.373 e. The van der Waals surface area contributed by atoms with Gasteiger partial charge in [-0.3, -0.25) is 9.88 Å². The second-order valence-electron chi connectivity index (χ2n) is 6.25. The highest BCUT2D eigenvalue weighted by atomic mass is 16.5. The largest absolute Gasteiger partial charge is 0.373 e. The Kier molecular flexibility index (Phi) is 3.93. The summed E-state index contributed by atoms with van der Waals surface area (Å²) in [5.74, 6) is 0.958. The zero-order valence-electron chi connectivity index (χ0n) is 13.3. The first kappa shape index (κ1) is 14.5. The molecule has 2 saturated heterocycles. The first-order valence-electron chi connectivity index (χ1n) is 8.09. The van der Waals surface area contributed by atoms with E-state index in [4.69, 9.17) is 4.74 Å². The normalized spacial score (nSPS) is 24.7. The smallest absolute Gasteiger partial charge is 0.151 e. The van der Waals surface area contributed by atoms with E-state index in [1.807, 2.05) is 25.4 Å². The number of likely N-dealkylation sites (tertiary alicyclic amines) is 1. The molecule has 2 aliphatic heterocycles. The van der Waals surface area contributed by atoms with Gasteiger partial charge in [-0.25, -0.2) is 0 Å². The van der Waals surface area contributed by atoms with Gasteiger partial charge in [-0.1, -0.05) is 0 Å². The van der Waals surface area contributed by atoms with E-state index in [1.54, 1.807) is 0 Å². The molecule has 0 saturated carbocycles. The summed E-state index contributed by atoms with van der Waals surface area (Å²) in [7, 11) is 0. The molecule has 4 rings (SSSR count). The number of fused-ring (bicyclic) bond motifs is 1. The van der Waals surface area contributed by atoms with Crippen LogP contribution in [0.5, 0.6) is 0 Å². The number of aromatic nitrogens is 3. The Morgan fingerprint density at radius 1 is 1.13 bits per heavy atom. The summed E-state index contributed by atoms with van der Waals surface area (Å²) in [5.41, 5.74) is 2.24. The van der Waals surface area contributed by atoms with E-state index < -0.39 is 0 Å². The third-order valence-corrected chi connectivity index (χ3v) is 4.61. The van der Waals surface area contributed by atoms with Gasteiger partial charge in [0.1, 0.15) is 0 Å². The van der Waals surface area contributed by atoms with Gasteiger partial charge < -0.3 is 9.64 Å². The Morgan fingerprint density at radius 3 is 2.78 bits per heavy atom. The number of ether oxygens (including phenoxy) is 1. The molecule has 4 heterocycles. The van der Waals surface area contributed by atoms with Crippen molar-refractivity contribution in [3.05, 3.63) is 47.9 Å². The van der Waals surface area contributed by atoms with Gasteiger partial charge in [0.2, 0.25) is 0 Å². The average molecular weight is 311 g/mol. The Labute approximate surface area is 136 Å². The molecule has 23 heavy (non-hydrogen) atoms. The molecule has 2 fully saturated rings. The zero-order chi connectivity index (χ0) is 15.6. The lowest BCUT2D eigenvalue weighted by Crippen LogP contribution is -2.51. The molecule has 6 nitrogen and oxygen atoms in total. The number of nitrogens with zero attached hydrogens (tertiary/aromatic N) is 5. The quantitative estimate of drug-likeness (QED) is 0.851. The van der Waals surface area contributed by atoms with Crippen molar-refractivity contribution >= 4 is 5.82 Å². The molecule has 0 radical (unpaired) electrons. The molecule has 2 aromatic heterocycles. The van der Waals surface area contributed by atoms with E-state index in [0.717, 1.165) is 44.3 Å². The molecule has 6 heteroatoms. The highest BCUT2D eigenvalue weighted by Crippen LogP contribution is 2.27. The highest BCUT2D eigenvalue weighted by molar-refractivity contribution is 5.40. The number of aryl methyl sites for hydroxylation is 1. The number of anilines is 1. The predicted molar refractivity (Wildman–Crippen MR) is 87.2 cm³/mol. The third kappa shape index (κ3) is 3.04. The summed E-state index contributed by atoms with van der Waals surface area (Å²) in [4.78, 5) is 8.89. The minimum atomic E-state index is 0.244. The van der Waals surface area contributed by atoms with E-state index in [2.05, 4.69) is 43.2 Å². The van der Waals surface area contributed by atoms with Crippen molar-refractivity contribution in [2.75, 3.05) is 31.1 Å². The van der Waals surface area contributed by atoms with E-state index in [9.17, 15) is 0 Å². The SMILES string of the molecule is Cc1ccc(N2CCO[C@H]3CN(Cc4ccncc4)C[C@H]32)nn1. The van der Waals surface area contributed by atoms with Crippen molar-refractivity contribution < 1.29 is 4.74 Å². The molecular formula is C17H21N5O. The van der Waals surface area contributed by atoms with Crippen molar-refractivity contribution in [2.24, 2.45) is 0 Å². The van der Waals surface area contributed by atoms with Crippen molar-refractivity contribution in [1.82, 2.24) is 20.1 Å². The second-order valence-corrected chi connectivity index (χ2v) is 6.25. The fraction of sp³-hybridized carbons (Fsp3) is 0.471. The van der Waals surface area contributed by atoms with Crippen LogP contribution in [0.3, 0.4) is 0 Å². The summed E-state index contributed by atoms with van der Waals surface area (Å²) < 4.78 is 6.00. The average Bonchev–Trinajstić information content (AvgIpc) is 2.99. The number of morpholine rings is 1. The maximum atomic E-state index is 6.00. The van der Waals surface area contributed by atoms with Gasteiger partial charge in [0.25, 0.3) is 0 Å². The van der Waals surface area contributed by atoms with Gasteiger partial charge >= 0.3 is 0 Å². The first-order chi connectivity index (χ1) is 11.3. The van der Waals surface area contributed by atoms with Crippen LogP contribution in [-0.2, 0) is 11.3 Å². The fourth-order valence-corrected chi connectivity index (χ4v) is 3.47. The standard InChI is InChI=1S/C17H21N5O/c1-13-2-3-17(20-19-13)22-8-9-23-16-12-21(11-15(16)22)10-14-4-6-18-7-5-14/h2-7,15-16H,8-12H2,1H3/t15-,16+/m1/s1. The molecule has 0 bridgehead atoms. The van der Waals surface area contributed by atoms with Gasteiger partial charge in [0.15, 0.2) is 5.82 Å². The molecule has 2 aromatic rings. The lowest BCUT2D eigenvalue weighted by atomic mass is 10.1. The predicted octanol–water partition coefficient (Wildman–Crippen LogP) is 1.27. The number of rotatable bonds is 3. The van der Waals surface area contributed by atoms with Crippen LogP contribution in [0, 0.1) is 6.92 Å². The molecule has 0 aliphatic carbocycles. The zero-order valence-corrected chi connectivity index (χ0v) is 13.3. The van der Waals surface area contributed by atoms with Crippen molar-refractivity contribution in [1.29, 1.82) is 0 Å². The van der Waals surface area contributed by atoms with Crippen LogP contribution in [0.25, 0.3) is 0 Å². The topological polar surface area (TPSA) is 54.4 Å². The van der Waals surface area contributed by atoms with Gasteiger partial charge in [-0.15, -0.1) is 5.10 Å². The molecule has 0 N–H and O–H groups in total. The van der Waals surface area contributed by atoms with Gasteiger partial charge in [-0.05, 0) is 36.8 Å².